The van der Waals surface area contributed by atoms with Crippen molar-refractivity contribution in [1.29, 1.82) is 0 Å². The Hall–Kier alpha value is -1.66. The lowest BCUT2D eigenvalue weighted by atomic mass is 10.4. The summed E-state index contributed by atoms with van der Waals surface area (Å²) in [5.74, 6) is 0.401. The Morgan fingerprint density at radius 3 is 2.75 bits per heavy atom. The highest BCUT2D eigenvalue weighted by Gasteiger charge is 2.10. The van der Waals surface area contributed by atoms with Gasteiger partial charge in [-0.3, -0.25) is 0 Å². The second-order valence-corrected chi connectivity index (χ2v) is 6.03. The zero-order chi connectivity index (χ0) is 13.9. The number of fused-ring (bicyclic) bond motifs is 1. The number of hydrogen-bond acceptors (Lipinski definition) is 5. The molecular formula is C14H12FN3S2. The molecular weight excluding hydrogens is 293 g/mol. The number of halogens is 1. The normalized spacial score (nSPS) is 10.9. The highest BCUT2D eigenvalue weighted by Crippen LogP contribution is 2.34. The van der Waals surface area contributed by atoms with E-state index in [4.69, 9.17) is 0 Å². The average Bonchev–Trinajstić information content (AvgIpc) is 2.90. The third kappa shape index (κ3) is 2.76. The van der Waals surface area contributed by atoms with E-state index in [1.54, 1.807) is 23.5 Å². The SMILES string of the molecule is CCNc1nc(Sc2ccc(F)cc2)c2ccsc2n1. The first-order valence-electron chi connectivity index (χ1n) is 6.19. The fraction of sp³-hybridized carbons (Fsp3) is 0.143. The average molecular weight is 305 g/mol. The molecule has 3 aromatic rings. The number of benzene rings is 1. The quantitative estimate of drug-likeness (QED) is 0.724. The largest absolute Gasteiger partial charge is 0.354 e. The van der Waals surface area contributed by atoms with Gasteiger partial charge < -0.3 is 5.32 Å². The first-order chi connectivity index (χ1) is 9.76. The smallest absolute Gasteiger partial charge is 0.225 e. The Balaban J connectivity index is 2.00. The summed E-state index contributed by atoms with van der Waals surface area (Å²) in [7, 11) is 0. The second-order valence-electron chi connectivity index (χ2n) is 4.08. The van der Waals surface area contributed by atoms with Crippen LogP contribution in [0, 0.1) is 5.82 Å². The van der Waals surface area contributed by atoms with Gasteiger partial charge in [0.15, 0.2) is 0 Å². The van der Waals surface area contributed by atoms with Crippen molar-refractivity contribution in [3.8, 4) is 0 Å². The highest BCUT2D eigenvalue weighted by atomic mass is 32.2. The minimum atomic E-state index is -0.231. The summed E-state index contributed by atoms with van der Waals surface area (Å²) in [5.41, 5.74) is 0. The molecule has 3 nitrogen and oxygen atoms in total. The van der Waals surface area contributed by atoms with Gasteiger partial charge in [0.05, 0.1) is 0 Å². The van der Waals surface area contributed by atoms with Crippen LogP contribution in [0.5, 0.6) is 0 Å². The van der Waals surface area contributed by atoms with Gasteiger partial charge in [-0.05, 0) is 42.6 Å². The van der Waals surface area contributed by atoms with Crippen LogP contribution in [0.1, 0.15) is 6.92 Å². The molecule has 0 unspecified atom stereocenters. The predicted octanol–water partition coefficient (Wildman–Crippen LogP) is 4.41. The zero-order valence-corrected chi connectivity index (χ0v) is 12.4. The number of rotatable bonds is 4. The minimum absolute atomic E-state index is 0.231. The van der Waals surface area contributed by atoms with Crippen molar-refractivity contribution < 1.29 is 4.39 Å². The van der Waals surface area contributed by atoms with E-state index in [0.29, 0.717) is 5.95 Å². The van der Waals surface area contributed by atoms with E-state index in [1.165, 1.54) is 23.9 Å². The zero-order valence-electron chi connectivity index (χ0n) is 10.8. The van der Waals surface area contributed by atoms with Crippen LogP contribution in [-0.2, 0) is 0 Å². The highest BCUT2D eigenvalue weighted by molar-refractivity contribution is 7.99. The Morgan fingerprint density at radius 1 is 1.20 bits per heavy atom. The minimum Gasteiger partial charge on any atom is -0.354 e. The van der Waals surface area contributed by atoms with Gasteiger partial charge in [-0.25, -0.2) is 14.4 Å². The van der Waals surface area contributed by atoms with Gasteiger partial charge in [-0.1, -0.05) is 11.8 Å². The summed E-state index contributed by atoms with van der Waals surface area (Å²) in [4.78, 5) is 10.9. The molecule has 1 N–H and O–H groups in total. The number of thiophene rings is 1. The van der Waals surface area contributed by atoms with Crippen LogP contribution in [-0.4, -0.2) is 16.5 Å². The van der Waals surface area contributed by atoms with E-state index >= 15 is 0 Å². The van der Waals surface area contributed by atoms with Crippen LogP contribution in [0.25, 0.3) is 10.2 Å². The summed E-state index contributed by atoms with van der Waals surface area (Å²) in [6, 6.07) is 8.45. The number of anilines is 1. The molecule has 2 aromatic heterocycles. The standard InChI is InChI=1S/C14H12FN3S2/c1-2-16-14-17-12-11(7-8-19-12)13(18-14)20-10-5-3-9(15)4-6-10/h3-8H,2H2,1H3,(H,16,17,18). The van der Waals surface area contributed by atoms with E-state index in [1.807, 2.05) is 18.4 Å². The third-order valence-electron chi connectivity index (χ3n) is 2.65. The molecule has 0 fully saturated rings. The lowest BCUT2D eigenvalue weighted by Gasteiger charge is -2.06. The van der Waals surface area contributed by atoms with Crippen LogP contribution in [0.15, 0.2) is 45.6 Å². The van der Waals surface area contributed by atoms with Crippen molar-refractivity contribution >= 4 is 39.3 Å². The van der Waals surface area contributed by atoms with Gasteiger partial charge in [-0.15, -0.1) is 11.3 Å². The van der Waals surface area contributed by atoms with Gasteiger partial charge >= 0.3 is 0 Å². The molecule has 0 aliphatic heterocycles. The molecule has 2 heterocycles. The lowest BCUT2D eigenvalue weighted by molar-refractivity contribution is 0.626. The van der Waals surface area contributed by atoms with Crippen LogP contribution >= 0.6 is 23.1 Å². The summed E-state index contributed by atoms with van der Waals surface area (Å²) >= 11 is 3.11. The van der Waals surface area contributed by atoms with Crippen LogP contribution in [0.2, 0.25) is 0 Å². The lowest BCUT2D eigenvalue weighted by Crippen LogP contribution is -2.02. The van der Waals surface area contributed by atoms with Gasteiger partial charge in [0.2, 0.25) is 5.95 Å². The van der Waals surface area contributed by atoms with E-state index in [-0.39, 0.29) is 5.82 Å². The Morgan fingerprint density at radius 2 is 2.00 bits per heavy atom. The molecule has 0 aliphatic rings. The van der Waals surface area contributed by atoms with E-state index in [0.717, 1.165) is 26.7 Å². The molecule has 0 aliphatic carbocycles. The summed E-state index contributed by atoms with van der Waals surface area (Å²) in [6.07, 6.45) is 0. The van der Waals surface area contributed by atoms with Gasteiger partial charge in [0, 0.05) is 16.8 Å². The van der Waals surface area contributed by atoms with Gasteiger partial charge in [0.25, 0.3) is 0 Å². The molecule has 1 aromatic carbocycles. The van der Waals surface area contributed by atoms with Gasteiger partial charge in [0.1, 0.15) is 15.7 Å². The van der Waals surface area contributed by atoms with Crippen molar-refractivity contribution in [3.05, 3.63) is 41.5 Å². The maximum Gasteiger partial charge on any atom is 0.225 e. The Bertz CT molecular complexity index is 725. The van der Waals surface area contributed by atoms with Crippen molar-refractivity contribution in [3.63, 3.8) is 0 Å². The van der Waals surface area contributed by atoms with Crippen molar-refractivity contribution in [1.82, 2.24) is 9.97 Å². The van der Waals surface area contributed by atoms with E-state index in [2.05, 4.69) is 15.3 Å². The maximum absolute atomic E-state index is 13.0. The Kier molecular flexibility index (Phi) is 3.84. The number of hydrogen-bond donors (Lipinski definition) is 1. The maximum atomic E-state index is 13.0. The summed E-state index contributed by atoms with van der Waals surface area (Å²) in [6.45, 7) is 2.78. The fourth-order valence-electron chi connectivity index (χ4n) is 1.76. The van der Waals surface area contributed by atoms with Crippen molar-refractivity contribution in [2.45, 2.75) is 16.8 Å². The number of nitrogens with zero attached hydrogens (tertiary/aromatic N) is 2. The van der Waals surface area contributed by atoms with E-state index in [9.17, 15) is 4.39 Å². The number of nitrogens with one attached hydrogen (secondary N) is 1. The van der Waals surface area contributed by atoms with Gasteiger partial charge in [-0.2, -0.15) is 0 Å². The molecule has 0 spiro atoms. The molecule has 0 saturated heterocycles. The van der Waals surface area contributed by atoms with Crippen LogP contribution in [0.3, 0.4) is 0 Å². The first-order valence-corrected chi connectivity index (χ1v) is 7.88. The molecule has 102 valence electrons. The Labute approximate surface area is 124 Å². The van der Waals surface area contributed by atoms with Crippen molar-refractivity contribution in [2.75, 3.05) is 11.9 Å². The second kappa shape index (κ2) is 5.76. The molecule has 0 amide bonds. The molecule has 6 heteroatoms. The molecule has 20 heavy (non-hydrogen) atoms. The number of aromatic nitrogens is 2. The van der Waals surface area contributed by atoms with Crippen molar-refractivity contribution in [2.24, 2.45) is 0 Å². The molecule has 0 atom stereocenters. The fourth-order valence-corrected chi connectivity index (χ4v) is 3.49. The first kappa shape index (κ1) is 13.3. The van der Waals surface area contributed by atoms with E-state index < -0.39 is 0 Å². The predicted molar refractivity (Wildman–Crippen MR) is 82.1 cm³/mol. The topological polar surface area (TPSA) is 37.8 Å². The molecule has 0 bridgehead atoms. The summed E-state index contributed by atoms with van der Waals surface area (Å²) in [5, 5.41) is 7.06. The molecule has 0 radical (unpaired) electrons. The third-order valence-corrected chi connectivity index (χ3v) is 4.47. The summed E-state index contributed by atoms with van der Waals surface area (Å²) < 4.78 is 13.0. The molecule has 3 rings (SSSR count). The van der Waals surface area contributed by atoms with Crippen LogP contribution in [0.4, 0.5) is 10.3 Å². The van der Waals surface area contributed by atoms with Crippen LogP contribution < -0.4 is 5.32 Å². The monoisotopic (exact) mass is 305 g/mol. The molecule has 0 saturated carbocycles.